The van der Waals surface area contributed by atoms with Crippen LogP contribution in [0.2, 0.25) is 0 Å². The first-order valence-electron chi connectivity index (χ1n) is 4.61. The van der Waals surface area contributed by atoms with Crippen molar-refractivity contribution in [3.05, 3.63) is 23.5 Å². The topological polar surface area (TPSA) is 29.9 Å². The molecule has 1 rings (SSSR count). The minimum Gasteiger partial charge on any atom is -0.377 e. The lowest BCUT2D eigenvalue weighted by Crippen LogP contribution is -2.03. The third kappa shape index (κ3) is 2.77. The number of anilines is 1. The number of nitrogens with one attached hydrogen (secondary N) is 1. The maximum Gasteiger partial charge on any atom is 0.0881 e. The van der Waals surface area contributed by atoms with Crippen LogP contribution in [0.4, 0.5) is 5.69 Å². The molecular weight excluding hydrogens is 198 g/mol. The van der Waals surface area contributed by atoms with Crippen LogP contribution in [0.1, 0.15) is 25.5 Å². The van der Waals surface area contributed by atoms with Gasteiger partial charge in [-0.05, 0) is 5.92 Å². The van der Waals surface area contributed by atoms with E-state index in [-0.39, 0.29) is 0 Å². The zero-order chi connectivity index (χ0) is 10.7. The van der Waals surface area contributed by atoms with E-state index in [4.69, 9.17) is 11.6 Å². The Bertz CT molecular complexity index is 328. The highest BCUT2D eigenvalue weighted by Crippen LogP contribution is 2.22. The van der Waals surface area contributed by atoms with Crippen LogP contribution in [0.3, 0.4) is 0 Å². The number of halogens is 1. The Balaban J connectivity index is 2.79. The molecule has 0 amide bonds. The second-order valence-electron chi connectivity index (χ2n) is 3.63. The summed E-state index contributed by atoms with van der Waals surface area (Å²) < 4.78 is 1.80. The highest BCUT2D eigenvalue weighted by atomic mass is 35.5. The third-order valence-corrected chi connectivity index (χ3v) is 2.01. The van der Waals surface area contributed by atoms with Crippen molar-refractivity contribution in [2.45, 2.75) is 19.8 Å². The Morgan fingerprint density at radius 1 is 1.71 bits per heavy atom. The molecule has 1 aromatic rings. The average molecular weight is 214 g/mol. The summed E-state index contributed by atoms with van der Waals surface area (Å²) >= 11 is 5.68. The smallest absolute Gasteiger partial charge is 0.0881 e. The van der Waals surface area contributed by atoms with Gasteiger partial charge in [-0.15, -0.1) is 0 Å². The second-order valence-corrected chi connectivity index (χ2v) is 4.16. The summed E-state index contributed by atoms with van der Waals surface area (Å²) in [5.74, 6) is 0.405. The molecule has 0 aliphatic heterocycles. The minimum absolute atomic E-state index is 0.405. The molecular formula is C10H16ClN3. The molecule has 78 valence electrons. The maximum atomic E-state index is 5.68. The van der Waals surface area contributed by atoms with Crippen molar-refractivity contribution < 1.29 is 0 Å². The van der Waals surface area contributed by atoms with E-state index in [2.05, 4.69) is 30.8 Å². The molecule has 0 aliphatic carbocycles. The van der Waals surface area contributed by atoms with Crippen molar-refractivity contribution in [1.82, 2.24) is 9.78 Å². The van der Waals surface area contributed by atoms with Crippen LogP contribution in [0.5, 0.6) is 0 Å². The fourth-order valence-electron chi connectivity index (χ4n) is 1.26. The summed E-state index contributed by atoms with van der Waals surface area (Å²) in [5, 5.41) is 8.17. The molecule has 0 unspecified atom stereocenters. The predicted molar refractivity (Wildman–Crippen MR) is 60.8 cm³/mol. The van der Waals surface area contributed by atoms with E-state index in [1.165, 1.54) is 0 Å². The number of rotatable bonds is 4. The predicted octanol–water partition coefficient (Wildman–Crippen LogP) is 2.71. The Hall–Kier alpha value is -0.960. The highest BCUT2D eigenvalue weighted by Gasteiger charge is 2.10. The van der Waals surface area contributed by atoms with Crippen LogP contribution in [0, 0.1) is 0 Å². The van der Waals surface area contributed by atoms with Crippen molar-refractivity contribution in [2.75, 3.05) is 11.9 Å². The third-order valence-electron chi connectivity index (χ3n) is 1.87. The van der Waals surface area contributed by atoms with Gasteiger partial charge in [0, 0.05) is 18.3 Å². The summed E-state index contributed by atoms with van der Waals surface area (Å²) in [7, 11) is 1.91. The Morgan fingerprint density at radius 3 is 2.86 bits per heavy atom. The lowest BCUT2D eigenvalue weighted by atomic mass is 10.1. The van der Waals surface area contributed by atoms with Gasteiger partial charge in [0.05, 0.1) is 17.9 Å². The Kier molecular flexibility index (Phi) is 3.58. The largest absolute Gasteiger partial charge is 0.377 e. The van der Waals surface area contributed by atoms with E-state index in [1.807, 2.05) is 13.2 Å². The molecule has 0 saturated heterocycles. The SMILES string of the molecule is C=C(Cl)CNc1cn(C)nc1C(C)C. The van der Waals surface area contributed by atoms with Gasteiger partial charge in [-0.25, -0.2) is 0 Å². The Morgan fingerprint density at radius 2 is 2.36 bits per heavy atom. The van der Waals surface area contributed by atoms with Crippen LogP contribution in [0.15, 0.2) is 17.8 Å². The fourth-order valence-corrected chi connectivity index (χ4v) is 1.33. The monoisotopic (exact) mass is 213 g/mol. The summed E-state index contributed by atoms with van der Waals surface area (Å²) in [6, 6.07) is 0. The first-order chi connectivity index (χ1) is 6.50. The van der Waals surface area contributed by atoms with E-state index in [9.17, 15) is 0 Å². The van der Waals surface area contributed by atoms with Crippen molar-refractivity contribution in [2.24, 2.45) is 7.05 Å². The molecule has 0 fully saturated rings. The lowest BCUT2D eigenvalue weighted by molar-refractivity contribution is 0.713. The van der Waals surface area contributed by atoms with Gasteiger partial charge < -0.3 is 5.32 Å². The van der Waals surface area contributed by atoms with E-state index in [0.717, 1.165) is 11.4 Å². The van der Waals surface area contributed by atoms with Crippen LogP contribution in [-0.2, 0) is 7.05 Å². The number of aromatic nitrogens is 2. The molecule has 0 atom stereocenters. The maximum absolute atomic E-state index is 5.68. The van der Waals surface area contributed by atoms with Crippen LogP contribution < -0.4 is 5.32 Å². The highest BCUT2D eigenvalue weighted by molar-refractivity contribution is 6.29. The normalized spacial score (nSPS) is 10.6. The molecule has 1 N–H and O–H groups in total. The molecule has 0 aliphatic rings. The molecule has 3 nitrogen and oxygen atoms in total. The molecule has 0 saturated carbocycles. The van der Waals surface area contributed by atoms with Gasteiger partial charge in [0.1, 0.15) is 0 Å². The second kappa shape index (κ2) is 4.51. The van der Waals surface area contributed by atoms with Gasteiger partial charge in [-0.2, -0.15) is 5.10 Å². The van der Waals surface area contributed by atoms with Crippen molar-refractivity contribution in [3.63, 3.8) is 0 Å². The number of nitrogens with zero attached hydrogens (tertiary/aromatic N) is 2. The molecule has 1 aromatic heterocycles. The molecule has 0 radical (unpaired) electrons. The van der Waals surface area contributed by atoms with Gasteiger partial charge in [-0.3, -0.25) is 4.68 Å². The molecule has 1 heterocycles. The Labute approximate surface area is 89.8 Å². The zero-order valence-electron chi connectivity index (χ0n) is 8.84. The summed E-state index contributed by atoms with van der Waals surface area (Å²) in [5.41, 5.74) is 2.09. The standard InChI is InChI=1S/C10H16ClN3/c1-7(2)10-9(6-14(4)13-10)12-5-8(3)11/h6-7,12H,3,5H2,1-2,4H3. The van der Waals surface area contributed by atoms with Crippen molar-refractivity contribution in [3.8, 4) is 0 Å². The molecule has 14 heavy (non-hydrogen) atoms. The van der Waals surface area contributed by atoms with Crippen LogP contribution >= 0.6 is 11.6 Å². The summed E-state index contributed by atoms with van der Waals surface area (Å²) in [4.78, 5) is 0. The number of hydrogen-bond donors (Lipinski definition) is 1. The quantitative estimate of drug-likeness (QED) is 0.834. The average Bonchev–Trinajstić information content (AvgIpc) is 2.43. The van der Waals surface area contributed by atoms with Gasteiger partial charge >= 0.3 is 0 Å². The molecule has 4 heteroatoms. The zero-order valence-corrected chi connectivity index (χ0v) is 9.60. The molecule has 0 spiro atoms. The fraction of sp³-hybridized carbons (Fsp3) is 0.500. The van der Waals surface area contributed by atoms with Crippen LogP contribution in [-0.4, -0.2) is 16.3 Å². The van der Waals surface area contributed by atoms with E-state index in [1.54, 1.807) is 4.68 Å². The molecule has 0 bridgehead atoms. The summed E-state index contributed by atoms with van der Waals surface area (Å²) in [6.07, 6.45) is 1.95. The minimum atomic E-state index is 0.405. The molecule has 0 aromatic carbocycles. The van der Waals surface area contributed by atoms with E-state index < -0.39 is 0 Å². The van der Waals surface area contributed by atoms with Gasteiger partial charge in [0.2, 0.25) is 0 Å². The van der Waals surface area contributed by atoms with Crippen molar-refractivity contribution in [1.29, 1.82) is 0 Å². The van der Waals surface area contributed by atoms with Gasteiger partial charge in [0.25, 0.3) is 0 Å². The summed E-state index contributed by atoms with van der Waals surface area (Å²) in [6.45, 7) is 8.43. The first kappa shape index (κ1) is 11.1. The van der Waals surface area contributed by atoms with Gasteiger partial charge in [0.15, 0.2) is 0 Å². The van der Waals surface area contributed by atoms with Gasteiger partial charge in [-0.1, -0.05) is 32.0 Å². The lowest BCUT2D eigenvalue weighted by Gasteiger charge is -2.06. The number of aryl methyl sites for hydroxylation is 1. The first-order valence-corrected chi connectivity index (χ1v) is 4.99. The van der Waals surface area contributed by atoms with Crippen LogP contribution in [0.25, 0.3) is 0 Å². The number of hydrogen-bond acceptors (Lipinski definition) is 2. The van der Waals surface area contributed by atoms with E-state index in [0.29, 0.717) is 17.5 Å². The van der Waals surface area contributed by atoms with Crippen molar-refractivity contribution >= 4 is 17.3 Å². The van der Waals surface area contributed by atoms with E-state index >= 15 is 0 Å².